The zero-order valence-electron chi connectivity index (χ0n) is 9.80. The Bertz CT molecular complexity index is 202. The third-order valence-electron chi connectivity index (χ3n) is 4.13. The van der Waals surface area contributed by atoms with E-state index in [0.29, 0.717) is 16.8 Å². The first kappa shape index (κ1) is 11.7. The number of nitrogens with one attached hydrogen (secondary N) is 1. The van der Waals surface area contributed by atoms with Crippen LogP contribution in [-0.4, -0.2) is 29.6 Å². The summed E-state index contributed by atoms with van der Waals surface area (Å²) in [4.78, 5) is 0. The van der Waals surface area contributed by atoms with Gasteiger partial charge in [0, 0.05) is 23.4 Å². The number of hydrogen-bond acceptors (Lipinski definition) is 3. The quantitative estimate of drug-likeness (QED) is 0.774. The van der Waals surface area contributed by atoms with Gasteiger partial charge in [0.1, 0.15) is 0 Å². The average Bonchev–Trinajstić information content (AvgIpc) is 2.85. The molecule has 15 heavy (non-hydrogen) atoms. The standard InChI is InChI=1S/C12H24N2S/c1-15-12(6-2-3-7-12)9-14-11-5-4-10(13)8-11/h10-11,14H,2-9,13H2,1H3. The van der Waals surface area contributed by atoms with Gasteiger partial charge in [0.05, 0.1) is 0 Å². The zero-order chi connectivity index (χ0) is 10.7. The van der Waals surface area contributed by atoms with Gasteiger partial charge >= 0.3 is 0 Å². The van der Waals surface area contributed by atoms with Crippen molar-refractivity contribution in [1.29, 1.82) is 0 Å². The lowest BCUT2D eigenvalue weighted by Gasteiger charge is -2.29. The van der Waals surface area contributed by atoms with Crippen LogP contribution in [-0.2, 0) is 0 Å². The second-order valence-electron chi connectivity index (χ2n) is 5.25. The fourth-order valence-corrected chi connectivity index (χ4v) is 3.93. The third-order valence-corrected chi connectivity index (χ3v) is 5.55. The molecule has 2 aliphatic rings. The van der Waals surface area contributed by atoms with E-state index < -0.39 is 0 Å². The molecule has 0 saturated heterocycles. The summed E-state index contributed by atoms with van der Waals surface area (Å²) in [5, 5.41) is 3.74. The van der Waals surface area contributed by atoms with Crippen molar-refractivity contribution in [2.75, 3.05) is 12.8 Å². The number of nitrogens with two attached hydrogens (primary N) is 1. The van der Waals surface area contributed by atoms with Crippen LogP contribution in [0.4, 0.5) is 0 Å². The van der Waals surface area contributed by atoms with Gasteiger partial charge in [-0.3, -0.25) is 0 Å². The minimum absolute atomic E-state index is 0.455. The Balaban J connectivity index is 1.76. The van der Waals surface area contributed by atoms with Gasteiger partial charge in [-0.2, -0.15) is 11.8 Å². The van der Waals surface area contributed by atoms with Crippen LogP contribution in [0.2, 0.25) is 0 Å². The van der Waals surface area contributed by atoms with Crippen LogP contribution < -0.4 is 11.1 Å². The van der Waals surface area contributed by atoms with Crippen LogP contribution in [0.5, 0.6) is 0 Å². The largest absolute Gasteiger partial charge is 0.328 e. The van der Waals surface area contributed by atoms with E-state index in [9.17, 15) is 0 Å². The lowest BCUT2D eigenvalue weighted by atomic mass is 10.1. The van der Waals surface area contributed by atoms with Crippen molar-refractivity contribution < 1.29 is 0 Å². The van der Waals surface area contributed by atoms with Gasteiger partial charge in [0.15, 0.2) is 0 Å². The van der Waals surface area contributed by atoms with Crippen molar-refractivity contribution in [3.05, 3.63) is 0 Å². The molecule has 3 N–H and O–H groups in total. The number of rotatable bonds is 4. The van der Waals surface area contributed by atoms with E-state index in [2.05, 4.69) is 23.3 Å². The fourth-order valence-electron chi connectivity index (χ4n) is 3.00. The normalized spacial score (nSPS) is 34.8. The molecule has 2 nitrogen and oxygen atoms in total. The molecule has 0 spiro atoms. The van der Waals surface area contributed by atoms with E-state index in [4.69, 9.17) is 5.73 Å². The molecular formula is C12H24N2S. The topological polar surface area (TPSA) is 38.0 Å². The Morgan fingerprint density at radius 2 is 2.07 bits per heavy atom. The summed E-state index contributed by atoms with van der Waals surface area (Å²) in [5.41, 5.74) is 5.93. The highest BCUT2D eigenvalue weighted by molar-refractivity contribution is 8.00. The van der Waals surface area contributed by atoms with Gasteiger partial charge in [-0.25, -0.2) is 0 Å². The van der Waals surface area contributed by atoms with Crippen LogP contribution in [0.3, 0.4) is 0 Å². The van der Waals surface area contributed by atoms with E-state index in [1.807, 2.05) is 0 Å². The number of thioether (sulfide) groups is 1. The van der Waals surface area contributed by atoms with E-state index in [0.717, 1.165) is 0 Å². The maximum Gasteiger partial charge on any atom is 0.0281 e. The summed E-state index contributed by atoms with van der Waals surface area (Å²) in [6, 6.07) is 1.15. The first-order chi connectivity index (χ1) is 7.24. The molecule has 0 heterocycles. The smallest absolute Gasteiger partial charge is 0.0281 e. The maximum atomic E-state index is 5.93. The SMILES string of the molecule is CSC1(CNC2CCC(N)C2)CCCC1. The zero-order valence-corrected chi connectivity index (χ0v) is 10.6. The highest BCUT2D eigenvalue weighted by Crippen LogP contribution is 2.39. The Morgan fingerprint density at radius 3 is 2.60 bits per heavy atom. The highest BCUT2D eigenvalue weighted by atomic mass is 32.2. The maximum absolute atomic E-state index is 5.93. The lowest BCUT2D eigenvalue weighted by Crippen LogP contribution is -2.40. The molecule has 2 fully saturated rings. The van der Waals surface area contributed by atoms with E-state index >= 15 is 0 Å². The van der Waals surface area contributed by atoms with Crippen molar-refractivity contribution in [1.82, 2.24) is 5.32 Å². The van der Waals surface area contributed by atoms with E-state index in [-0.39, 0.29) is 0 Å². The summed E-state index contributed by atoms with van der Waals surface area (Å²) < 4.78 is 0.548. The van der Waals surface area contributed by atoms with Gasteiger partial charge in [-0.1, -0.05) is 12.8 Å². The van der Waals surface area contributed by atoms with Gasteiger partial charge in [-0.15, -0.1) is 0 Å². The first-order valence-electron chi connectivity index (χ1n) is 6.28. The van der Waals surface area contributed by atoms with Gasteiger partial charge in [0.2, 0.25) is 0 Å². The molecule has 3 heteroatoms. The van der Waals surface area contributed by atoms with Crippen molar-refractivity contribution >= 4 is 11.8 Å². The lowest BCUT2D eigenvalue weighted by molar-refractivity contribution is 0.459. The highest BCUT2D eigenvalue weighted by Gasteiger charge is 2.33. The second-order valence-corrected chi connectivity index (χ2v) is 6.52. The Hall–Kier alpha value is 0.270. The van der Waals surface area contributed by atoms with Crippen LogP contribution in [0, 0.1) is 0 Å². The summed E-state index contributed by atoms with van der Waals surface area (Å²) in [7, 11) is 0. The minimum Gasteiger partial charge on any atom is -0.328 e. The molecule has 2 rings (SSSR count). The van der Waals surface area contributed by atoms with Crippen molar-refractivity contribution in [2.45, 2.75) is 61.8 Å². The minimum atomic E-state index is 0.455. The van der Waals surface area contributed by atoms with Crippen molar-refractivity contribution in [3.8, 4) is 0 Å². The van der Waals surface area contributed by atoms with Gasteiger partial charge in [0.25, 0.3) is 0 Å². The van der Waals surface area contributed by atoms with Crippen LogP contribution in [0.1, 0.15) is 44.9 Å². The van der Waals surface area contributed by atoms with Crippen LogP contribution in [0.15, 0.2) is 0 Å². The molecule has 0 amide bonds. The van der Waals surface area contributed by atoms with Crippen LogP contribution >= 0.6 is 11.8 Å². The fraction of sp³-hybridized carbons (Fsp3) is 1.00. The van der Waals surface area contributed by atoms with Crippen molar-refractivity contribution in [2.24, 2.45) is 5.73 Å². The van der Waals surface area contributed by atoms with E-state index in [1.54, 1.807) is 0 Å². The molecule has 0 aromatic rings. The van der Waals surface area contributed by atoms with Crippen LogP contribution in [0.25, 0.3) is 0 Å². The Labute approximate surface area is 97.8 Å². The summed E-state index contributed by atoms with van der Waals surface area (Å²) in [6.07, 6.45) is 11.6. The molecule has 2 unspecified atom stereocenters. The number of hydrogen-bond donors (Lipinski definition) is 2. The third kappa shape index (κ3) is 2.89. The molecule has 2 atom stereocenters. The van der Waals surface area contributed by atoms with Gasteiger partial charge in [-0.05, 0) is 38.4 Å². The van der Waals surface area contributed by atoms with Gasteiger partial charge < -0.3 is 11.1 Å². The molecular weight excluding hydrogens is 204 g/mol. The summed E-state index contributed by atoms with van der Waals surface area (Å²) >= 11 is 2.07. The molecule has 0 aliphatic heterocycles. The Morgan fingerprint density at radius 1 is 1.33 bits per heavy atom. The summed E-state index contributed by atoms with van der Waals surface area (Å²) in [5.74, 6) is 0. The molecule has 0 aromatic heterocycles. The molecule has 2 saturated carbocycles. The first-order valence-corrected chi connectivity index (χ1v) is 7.51. The summed E-state index contributed by atoms with van der Waals surface area (Å²) in [6.45, 7) is 1.20. The monoisotopic (exact) mass is 228 g/mol. The molecule has 88 valence electrons. The van der Waals surface area contributed by atoms with Crippen molar-refractivity contribution in [3.63, 3.8) is 0 Å². The Kier molecular flexibility index (Phi) is 3.97. The predicted molar refractivity (Wildman–Crippen MR) is 68.3 cm³/mol. The molecule has 0 bridgehead atoms. The molecule has 2 aliphatic carbocycles. The molecule has 0 aromatic carbocycles. The average molecular weight is 228 g/mol. The van der Waals surface area contributed by atoms with E-state index in [1.165, 1.54) is 51.5 Å². The predicted octanol–water partition coefficient (Wildman–Crippen LogP) is 2.13. The molecule has 0 radical (unpaired) electrons. The second kappa shape index (κ2) is 5.07.